The largest absolute Gasteiger partial charge is 0.756 e. The Morgan fingerprint density at radius 3 is 1.52 bits per heavy atom. The molecule has 9 nitrogen and oxygen atoms in total. The van der Waals surface area contributed by atoms with Crippen LogP contribution in [0.3, 0.4) is 0 Å². The van der Waals surface area contributed by atoms with Crippen LogP contribution in [0.4, 0.5) is 0 Å². The third kappa shape index (κ3) is 46.6. The lowest BCUT2D eigenvalue weighted by Gasteiger charge is -2.30. The summed E-state index contributed by atoms with van der Waals surface area (Å²) in [6.07, 6.45) is 54.7. The van der Waals surface area contributed by atoms with Gasteiger partial charge in [-0.2, -0.15) is 0 Å². The summed E-state index contributed by atoms with van der Waals surface area (Å²) < 4.78 is 30.1. The fourth-order valence-corrected chi connectivity index (χ4v) is 8.06. The number of carbonyl (C=O) groups excluding carboxylic acids is 2. The number of allylic oxidation sites excluding steroid dienone is 9. The van der Waals surface area contributed by atoms with Crippen molar-refractivity contribution in [3.8, 4) is 0 Å². The van der Waals surface area contributed by atoms with Gasteiger partial charge >= 0.3 is 5.97 Å². The zero-order valence-corrected chi connectivity index (χ0v) is 43.8. The number of likely N-dealkylation sites (N-methyl/N-ethyl adjacent to an activating group) is 1. The van der Waals surface area contributed by atoms with Gasteiger partial charge < -0.3 is 28.5 Å². The molecular formula is C55H101N2O7P. The molecule has 0 saturated heterocycles. The monoisotopic (exact) mass is 933 g/mol. The Morgan fingerprint density at radius 1 is 0.554 bits per heavy atom. The molecule has 378 valence electrons. The molecule has 0 aliphatic rings. The Balaban J connectivity index is 5.43. The van der Waals surface area contributed by atoms with E-state index in [1.807, 2.05) is 33.3 Å². The van der Waals surface area contributed by atoms with Gasteiger partial charge in [-0.25, -0.2) is 0 Å². The van der Waals surface area contributed by atoms with Crippen molar-refractivity contribution in [2.75, 3.05) is 40.9 Å². The molecule has 0 aromatic heterocycles. The molecule has 0 aliphatic heterocycles. The number of ether oxygens (including phenoxy) is 1. The fraction of sp³-hybridized carbons (Fsp3) is 0.782. The summed E-state index contributed by atoms with van der Waals surface area (Å²) in [6.45, 7) is 6.66. The number of phosphoric ester groups is 1. The van der Waals surface area contributed by atoms with Gasteiger partial charge in [-0.1, -0.05) is 197 Å². The number of carbonyl (C=O) groups is 2. The number of rotatable bonds is 47. The Morgan fingerprint density at radius 2 is 1.00 bits per heavy atom. The van der Waals surface area contributed by atoms with Gasteiger partial charge in [0.05, 0.1) is 33.8 Å². The predicted molar refractivity (Wildman–Crippen MR) is 275 cm³/mol. The minimum atomic E-state index is -4.69. The predicted octanol–water partition coefficient (Wildman–Crippen LogP) is 14.9. The van der Waals surface area contributed by atoms with E-state index < -0.39 is 26.6 Å². The van der Waals surface area contributed by atoms with Gasteiger partial charge in [0.1, 0.15) is 19.3 Å². The molecular weight excluding hydrogens is 832 g/mol. The zero-order valence-electron chi connectivity index (χ0n) is 42.9. The summed E-state index contributed by atoms with van der Waals surface area (Å²) in [7, 11) is 1.16. The molecule has 0 fully saturated rings. The van der Waals surface area contributed by atoms with Crippen LogP contribution in [0.1, 0.15) is 226 Å². The van der Waals surface area contributed by atoms with Crippen LogP contribution in [0, 0.1) is 0 Å². The quantitative estimate of drug-likeness (QED) is 0.0161. The van der Waals surface area contributed by atoms with E-state index in [4.69, 9.17) is 13.8 Å². The Bertz CT molecular complexity index is 1300. The smallest absolute Gasteiger partial charge is 0.306 e. The molecule has 3 atom stereocenters. The van der Waals surface area contributed by atoms with E-state index in [1.54, 1.807) is 0 Å². The number of quaternary nitrogens is 1. The molecule has 0 saturated carbocycles. The van der Waals surface area contributed by atoms with Crippen molar-refractivity contribution in [3.05, 3.63) is 60.8 Å². The standard InChI is InChI=1S/C55H101N2O7P/c1-7-10-13-16-19-22-25-27-28-30-32-35-38-41-44-47-54(58)56-52(51-63-65(60,61)62-50-49-57(4,5)6)53(46-43-40-37-34-31-24-21-18-15-12-9-3)64-55(59)48-45-42-39-36-33-29-26-23-20-17-14-11-8-2/h10,13,16,19,22,25,29,33,43,46,52-53H,7-9,11-12,14-15,17-18,20-21,23-24,26-28,30-32,34-42,44-45,47-51H2,1-6H3,(H-,56,58,60,61)/b13-10+,19-16+,25-22+,33-29-,46-43+. The Hall–Kier alpha value is -2.29. The molecule has 10 heteroatoms. The van der Waals surface area contributed by atoms with E-state index in [0.717, 1.165) is 83.5 Å². The SMILES string of the molecule is CC/C=C/C=C/C=C/CCCCCCCCCC(=O)NC(COP(=O)([O-])OCC[N+](C)(C)C)C(/C=C/CCCCCCCCCCC)OC(=O)CCCCC/C=C\CCCCCCCC. The molecule has 0 spiro atoms. The molecule has 65 heavy (non-hydrogen) atoms. The summed E-state index contributed by atoms with van der Waals surface area (Å²) in [4.78, 5) is 39.7. The van der Waals surface area contributed by atoms with Crippen molar-refractivity contribution in [3.63, 3.8) is 0 Å². The molecule has 3 unspecified atom stereocenters. The second kappa shape index (κ2) is 45.5. The lowest BCUT2D eigenvalue weighted by Crippen LogP contribution is -2.47. The summed E-state index contributed by atoms with van der Waals surface area (Å²) in [5.74, 6) is -0.577. The zero-order chi connectivity index (χ0) is 48.0. The second-order valence-corrected chi connectivity index (χ2v) is 20.5. The summed E-state index contributed by atoms with van der Waals surface area (Å²) in [6, 6.07) is -0.899. The van der Waals surface area contributed by atoms with Crippen LogP contribution in [0.15, 0.2) is 60.8 Å². The molecule has 0 heterocycles. The van der Waals surface area contributed by atoms with Crippen LogP contribution in [0.25, 0.3) is 0 Å². The topological polar surface area (TPSA) is 114 Å². The van der Waals surface area contributed by atoms with Crippen molar-refractivity contribution < 1.29 is 37.3 Å². The Labute approximate surface area is 401 Å². The normalized spacial score (nSPS) is 14.4. The van der Waals surface area contributed by atoms with E-state index in [0.29, 0.717) is 23.9 Å². The maximum Gasteiger partial charge on any atom is 0.306 e. The molecule has 0 aromatic carbocycles. The summed E-state index contributed by atoms with van der Waals surface area (Å²) in [5, 5.41) is 3.00. The first-order valence-electron chi connectivity index (χ1n) is 26.6. The van der Waals surface area contributed by atoms with Crippen LogP contribution in [0.2, 0.25) is 0 Å². The number of hydrogen-bond acceptors (Lipinski definition) is 7. The molecule has 1 amide bonds. The molecule has 1 N–H and O–H groups in total. The first-order valence-corrected chi connectivity index (χ1v) is 28.1. The molecule has 0 aromatic rings. The van der Waals surface area contributed by atoms with Gasteiger partial charge in [0.25, 0.3) is 7.82 Å². The second-order valence-electron chi connectivity index (χ2n) is 19.1. The van der Waals surface area contributed by atoms with E-state index in [2.05, 4.69) is 74.7 Å². The first-order chi connectivity index (χ1) is 31.4. The number of hydrogen-bond donors (Lipinski definition) is 1. The minimum Gasteiger partial charge on any atom is -0.756 e. The summed E-state index contributed by atoms with van der Waals surface area (Å²) in [5.41, 5.74) is 0. The van der Waals surface area contributed by atoms with Crippen LogP contribution in [-0.4, -0.2) is 69.4 Å². The highest BCUT2D eigenvalue weighted by Gasteiger charge is 2.27. The van der Waals surface area contributed by atoms with Gasteiger partial charge in [-0.05, 0) is 76.7 Å². The van der Waals surface area contributed by atoms with Crippen molar-refractivity contribution >= 4 is 19.7 Å². The van der Waals surface area contributed by atoms with Crippen molar-refractivity contribution in [1.82, 2.24) is 5.32 Å². The highest BCUT2D eigenvalue weighted by atomic mass is 31.2. The highest BCUT2D eigenvalue weighted by Crippen LogP contribution is 2.38. The van der Waals surface area contributed by atoms with Crippen molar-refractivity contribution in [2.24, 2.45) is 0 Å². The molecule has 0 rings (SSSR count). The van der Waals surface area contributed by atoms with Gasteiger partial charge in [0, 0.05) is 12.8 Å². The lowest BCUT2D eigenvalue weighted by molar-refractivity contribution is -0.870. The van der Waals surface area contributed by atoms with Crippen molar-refractivity contribution in [2.45, 2.75) is 238 Å². The average molecular weight is 933 g/mol. The Kier molecular flexibility index (Phi) is 43.9. The molecule has 0 radical (unpaired) electrons. The van der Waals surface area contributed by atoms with E-state index >= 15 is 0 Å². The average Bonchev–Trinajstić information content (AvgIpc) is 3.26. The minimum absolute atomic E-state index is 0.0286. The van der Waals surface area contributed by atoms with Crippen molar-refractivity contribution in [1.29, 1.82) is 0 Å². The van der Waals surface area contributed by atoms with Gasteiger partial charge in [-0.3, -0.25) is 14.2 Å². The van der Waals surface area contributed by atoms with E-state index in [9.17, 15) is 19.0 Å². The third-order valence-corrected chi connectivity index (χ3v) is 12.5. The molecule has 0 aliphatic carbocycles. The number of esters is 1. The first kappa shape index (κ1) is 62.7. The third-order valence-electron chi connectivity index (χ3n) is 11.5. The van der Waals surface area contributed by atoms with E-state index in [-0.39, 0.29) is 24.9 Å². The van der Waals surface area contributed by atoms with Gasteiger partial charge in [0.2, 0.25) is 5.91 Å². The maximum atomic E-state index is 13.4. The van der Waals surface area contributed by atoms with Crippen LogP contribution in [0.5, 0.6) is 0 Å². The number of unbranched alkanes of at least 4 members (excludes halogenated alkanes) is 25. The summed E-state index contributed by atoms with van der Waals surface area (Å²) >= 11 is 0. The number of amides is 1. The number of nitrogens with zero attached hydrogens (tertiary/aromatic N) is 1. The van der Waals surface area contributed by atoms with E-state index in [1.165, 1.54) is 103 Å². The number of nitrogens with one attached hydrogen (secondary N) is 1. The highest BCUT2D eigenvalue weighted by molar-refractivity contribution is 7.45. The fourth-order valence-electron chi connectivity index (χ4n) is 7.34. The lowest BCUT2D eigenvalue weighted by atomic mass is 10.1. The van der Waals surface area contributed by atoms with Gasteiger partial charge in [0.15, 0.2) is 0 Å². The maximum absolute atomic E-state index is 13.4. The van der Waals surface area contributed by atoms with Gasteiger partial charge in [-0.15, -0.1) is 0 Å². The van der Waals surface area contributed by atoms with Crippen LogP contribution >= 0.6 is 7.82 Å². The van der Waals surface area contributed by atoms with Crippen LogP contribution in [-0.2, 0) is 27.9 Å². The van der Waals surface area contributed by atoms with Crippen LogP contribution < -0.4 is 10.2 Å². The molecule has 0 bridgehead atoms. The number of phosphoric acid groups is 1.